The highest BCUT2D eigenvalue weighted by Gasteiger charge is 2.32. The first-order valence-corrected chi connectivity index (χ1v) is 51.1. The van der Waals surface area contributed by atoms with Crippen molar-refractivity contribution in [1.29, 1.82) is 5.26 Å². The number of Topliss-reactive ketones (excluding diaryl/α,β-unsaturated/α-hetero) is 5. The van der Waals surface area contributed by atoms with Gasteiger partial charge in [0.25, 0.3) is 0 Å². The predicted molar refractivity (Wildman–Crippen MR) is 577 cm³/mol. The zero-order valence-electron chi connectivity index (χ0n) is 85.1. The van der Waals surface area contributed by atoms with Crippen LogP contribution in [-0.4, -0.2) is 168 Å². The van der Waals surface area contributed by atoms with E-state index >= 15 is 0 Å². The Morgan fingerprint density at radius 3 is 1.05 bits per heavy atom. The third kappa shape index (κ3) is 31.9. The van der Waals surface area contributed by atoms with Crippen LogP contribution in [0.2, 0.25) is 25.1 Å². The first-order chi connectivity index (χ1) is 69.5. The highest BCUT2D eigenvalue weighted by atomic mass is 35.5. The van der Waals surface area contributed by atoms with Gasteiger partial charge < -0.3 is 38.1 Å². The SMILES string of the molecule is CC(=O)C(C)(C)OCc1cc(-c2cccc(C#N)c2)n(Cc2ccccc2Cl)n1.CC(=O)C(C)(C)OCc1cc(-c2cccc(N(C)C)c2)n(Cc2ccccc2Cl)n1.CC(=O)C(C)(C)OCc1cc(-c2cccc(OCN3CCOCC3)c2)n(Cc2ccccc2Cl)n1.CC(=O)C(C)(C)OCc1cc(-c2cncs2)n(Cc2ccccc2Cl)n1.CC(=O)C(C)(C)OCc1cc(-c2cscn2)n(Cc2ccccc2Cl)n1. The summed E-state index contributed by atoms with van der Waals surface area (Å²) in [4.78, 5) is 72.6. The van der Waals surface area contributed by atoms with Crippen molar-refractivity contribution in [3.8, 4) is 67.5 Å². The summed E-state index contributed by atoms with van der Waals surface area (Å²) in [5.74, 6) is 0.656. The molecule has 0 bridgehead atoms. The Hall–Kier alpha value is -12.3. The smallest absolute Gasteiger partial charge is 0.161 e. The molecule has 16 rings (SSSR count). The molecular weight excluding hydrogens is 1990 g/mol. The fraction of sp³-hybridized carbons (Fsp3) is 0.330. The standard InChI is InChI=1S/C27H32ClN3O4.C24H28ClN3O2.C23H22ClN3O2.2C19H20ClN3O2S/c1-20(32)27(2,3)35-18-23-16-26(31(29-23)17-22-7-4-5-10-25(22)28)21-8-6-9-24(15-21)34-19-30-11-13-33-14-12-30;1-17(29)24(2,3)30-16-20-14-23(18-10-8-11-21(13-18)27(4)5)28(26-20)15-19-9-6-7-12-22(19)25;1-16(28)23(2,3)29-15-20-12-22(18-9-6-7-17(11-18)13-25)27(26-20)14-19-8-4-5-10-21(19)24;1-13(24)19(2,3)25-11-15-8-17(18-9-21-12-26-18)23(22-15)10-14-6-4-5-7-16(14)20;1-13(24)19(2,3)25-10-15-8-18(17-11-26-12-21-17)23(22-15)9-14-6-4-5-7-16(14)20/h4-10,15-16H,11-14,17-19H2,1-3H3;6-14H,15-16H2,1-5H3;4-12H,14-15H2,1-3H3;4-9,12H,10-11H2,1-3H3;4-8,11-12H,9-10H2,1-3H3. The molecule has 764 valence electrons. The molecule has 8 aromatic carbocycles. The van der Waals surface area contributed by atoms with Crippen LogP contribution in [0.25, 0.3) is 55.7 Å². The molecule has 1 fully saturated rings. The maximum atomic E-state index is 11.9. The van der Waals surface area contributed by atoms with Crippen molar-refractivity contribution in [2.24, 2.45) is 0 Å². The number of ketones is 5. The summed E-state index contributed by atoms with van der Waals surface area (Å²) in [5, 5.41) is 38.2. The molecule has 1 saturated heterocycles. The molecule has 0 radical (unpaired) electrons. The second-order valence-corrected chi connectivity index (χ2v) is 41.2. The van der Waals surface area contributed by atoms with E-state index < -0.39 is 28.0 Å². The summed E-state index contributed by atoms with van der Waals surface area (Å²) in [7, 11) is 4.03. The Morgan fingerprint density at radius 1 is 0.397 bits per heavy atom. The summed E-state index contributed by atoms with van der Waals surface area (Å²) in [6.07, 6.45) is 1.81. The van der Waals surface area contributed by atoms with E-state index in [1.165, 1.54) is 46.0 Å². The second kappa shape index (κ2) is 51.8. The van der Waals surface area contributed by atoms with E-state index in [0.29, 0.717) is 75.8 Å². The van der Waals surface area contributed by atoms with E-state index in [1.807, 2.05) is 249 Å². The predicted octanol–water partition coefficient (Wildman–Crippen LogP) is 24.2. The topological polar surface area (TPSA) is 295 Å². The van der Waals surface area contributed by atoms with Gasteiger partial charge in [-0.15, -0.1) is 22.7 Å². The average molecular weight is 2110 g/mol. The van der Waals surface area contributed by atoms with Crippen LogP contribution < -0.4 is 9.64 Å². The Bertz CT molecular complexity index is 6840. The van der Waals surface area contributed by atoms with Gasteiger partial charge in [0.2, 0.25) is 0 Å². The average Bonchev–Trinajstić information content (AvgIpc) is 1.67. The van der Waals surface area contributed by atoms with Crippen LogP contribution in [0.15, 0.2) is 247 Å². The number of halogens is 5. The minimum Gasteiger partial charge on any atom is -0.478 e. The lowest BCUT2D eigenvalue weighted by Gasteiger charge is -2.26. The van der Waals surface area contributed by atoms with Crippen molar-refractivity contribution in [2.75, 3.05) is 52.0 Å². The molecule has 27 nitrogen and oxygen atoms in total. The van der Waals surface area contributed by atoms with Gasteiger partial charge in [0.1, 0.15) is 40.5 Å². The summed E-state index contributed by atoms with van der Waals surface area (Å²) in [5.41, 5.74) is 17.9. The van der Waals surface area contributed by atoms with Gasteiger partial charge in [-0.2, -0.15) is 30.8 Å². The fourth-order valence-electron chi connectivity index (χ4n) is 14.1. The molecule has 0 aliphatic carbocycles. The van der Waals surface area contributed by atoms with Crippen LogP contribution in [0.4, 0.5) is 5.69 Å². The summed E-state index contributed by atoms with van der Waals surface area (Å²) in [6, 6.07) is 74.2. The summed E-state index contributed by atoms with van der Waals surface area (Å²) >= 11 is 34.8. The zero-order valence-corrected chi connectivity index (χ0v) is 90.5. The van der Waals surface area contributed by atoms with E-state index in [2.05, 4.69) is 59.3 Å². The molecule has 0 amide bonds. The number of anilines is 1. The quantitative estimate of drug-likeness (QED) is 0.0346. The van der Waals surface area contributed by atoms with Gasteiger partial charge in [-0.1, -0.05) is 185 Å². The van der Waals surface area contributed by atoms with Crippen LogP contribution in [0.3, 0.4) is 0 Å². The fourth-order valence-corrected chi connectivity index (χ4v) is 16.3. The highest BCUT2D eigenvalue weighted by Crippen LogP contribution is 2.36. The minimum atomic E-state index is -0.882. The Morgan fingerprint density at radius 2 is 0.719 bits per heavy atom. The maximum Gasteiger partial charge on any atom is 0.161 e. The molecule has 8 heterocycles. The lowest BCUT2D eigenvalue weighted by molar-refractivity contribution is -0.140. The molecule has 7 aromatic heterocycles. The monoisotopic (exact) mass is 2110 g/mol. The van der Waals surface area contributed by atoms with Crippen molar-refractivity contribution in [3.05, 3.63) is 334 Å². The number of morpholine rings is 1. The lowest BCUT2D eigenvalue weighted by Crippen LogP contribution is -2.38. The van der Waals surface area contributed by atoms with Gasteiger partial charge in [-0.05, 0) is 229 Å². The number of thiazole rings is 2. The molecule has 15 aromatic rings. The number of hydrogen-bond acceptors (Lipinski definition) is 24. The van der Waals surface area contributed by atoms with Gasteiger partial charge in [0.05, 0.1) is 169 Å². The van der Waals surface area contributed by atoms with E-state index in [4.69, 9.17) is 101 Å². The number of hydrogen-bond donors (Lipinski definition) is 0. The van der Waals surface area contributed by atoms with Crippen LogP contribution in [0.5, 0.6) is 5.75 Å². The molecular formula is C112H122Cl5N15O12S2. The molecule has 0 atom stereocenters. The van der Waals surface area contributed by atoms with E-state index in [0.717, 1.165) is 144 Å². The van der Waals surface area contributed by atoms with Crippen LogP contribution in [-0.2, 0) is 118 Å². The largest absolute Gasteiger partial charge is 0.478 e. The first kappa shape index (κ1) is 112. The minimum absolute atomic E-state index is 0.0168. The van der Waals surface area contributed by atoms with Crippen LogP contribution in [0, 0.1) is 11.3 Å². The number of nitriles is 1. The molecule has 0 spiro atoms. The van der Waals surface area contributed by atoms with Crippen molar-refractivity contribution < 1.29 is 57.1 Å². The molecule has 0 saturated carbocycles. The summed E-state index contributed by atoms with van der Waals surface area (Å²) < 4.78 is 50.0. The highest BCUT2D eigenvalue weighted by molar-refractivity contribution is 7.13. The summed E-state index contributed by atoms with van der Waals surface area (Å²) in [6.45, 7) is 32.7. The Labute approximate surface area is 886 Å². The first-order valence-electron chi connectivity index (χ1n) is 47.4. The molecule has 1 aliphatic heterocycles. The molecule has 1 aliphatic rings. The van der Waals surface area contributed by atoms with Crippen molar-refractivity contribution in [3.63, 3.8) is 0 Å². The van der Waals surface area contributed by atoms with Crippen molar-refractivity contribution in [1.82, 2.24) is 63.8 Å². The van der Waals surface area contributed by atoms with Gasteiger partial charge >= 0.3 is 0 Å². The zero-order chi connectivity index (χ0) is 105. The van der Waals surface area contributed by atoms with Crippen LogP contribution in [0.1, 0.15) is 166 Å². The number of nitrogens with zero attached hydrogens (tertiary/aromatic N) is 15. The normalized spacial score (nSPS) is 12.3. The van der Waals surface area contributed by atoms with Gasteiger partial charge in [-0.25, -0.2) is 4.98 Å². The number of rotatable bonds is 39. The second-order valence-electron chi connectivity index (χ2n) is 37.5. The van der Waals surface area contributed by atoms with E-state index in [9.17, 15) is 29.2 Å². The Kier molecular flexibility index (Phi) is 39.9. The molecule has 34 heteroatoms. The van der Waals surface area contributed by atoms with E-state index in [1.54, 1.807) is 97.7 Å². The Balaban J connectivity index is 0.000000163. The third-order valence-electron chi connectivity index (χ3n) is 24.7. The molecule has 0 N–H and O–H groups in total. The van der Waals surface area contributed by atoms with Gasteiger partial charge in [-0.3, -0.25) is 57.3 Å². The number of ether oxygens (including phenoxy) is 7. The number of carbonyl (C=O) groups is 5. The van der Waals surface area contributed by atoms with Crippen LogP contribution >= 0.6 is 80.7 Å². The molecule has 0 unspecified atom stereocenters. The van der Waals surface area contributed by atoms with Crippen molar-refractivity contribution in [2.45, 2.75) is 198 Å². The lowest BCUT2D eigenvalue weighted by atomic mass is 10.1. The van der Waals surface area contributed by atoms with Gasteiger partial charge in [0.15, 0.2) is 28.9 Å². The number of benzene rings is 8. The molecule has 146 heavy (non-hydrogen) atoms. The number of carbonyl (C=O) groups excluding carboxylic acids is 5. The maximum absolute atomic E-state index is 11.9. The van der Waals surface area contributed by atoms with Crippen molar-refractivity contribution >= 4 is 115 Å². The number of aromatic nitrogens is 12. The van der Waals surface area contributed by atoms with E-state index in [-0.39, 0.29) is 62.0 Å². The van der Waals surface area contributed by atoms with Gasteiger partial charge in [0, 0.05) is 86.3 Å². The third-order valence-corrected chi connectivity index (χ3v) is 27.9.